The van der Waals surface area contributed by atoms with E-state index in [0.29, 0.717) is 41.7 Å². The third kappa shape index (κ3) is 9.84. The minimum atomic E-state index is -0.852. The molecule has 0 spiro atoms. The molecule has 3 N–H and O–H groups in total. The largest absolute Gasteiger partial charge is 0.489 e. The third-order valence-electron chi connectivity index (χ3n) is 9.51. The number of fused-ring (bicyclic) bond motifs is 2. The van der Waals surface area contributed by atoms with E-state index in [1.807, 2.05) is 72.8 Å². The molecular formula is C42H38Cl4N4O5. The highest BCUT2D eigenvalue weighted by Crippen LogP contribution is 2.38. The Morgan fingerprint density at radius 3 is 2.25 bits per heavy atom. The molecule has 2 aliphatic heterocycles. The van der Waals surface area contributed by atoms with Crippen LogP contribution >= 0.6 is 48.0 Å². The van der Waals surface area contributed by atoms with Gasteiger partial charge < -0.3 is 30.2 Å². The molecule has 284 valence electrons. The van der Waals surface area contributed by atoms with Crippen molar-refractivity contribution >= 4 is 65.6 Å². The van der Waals surface area contributed by atoms with Crippen molar-refractivity contribution < 1.29 is 23.8 Å². The lowest BCUT2D eigenvalue weighted by atomic mass is 9.93. The standard InChI is InChI=1S/C42H36Cl2N4O5.2ClH/c1-51-42(50)38(17-25-2-7-28(8-3-25)29-9-4-26(21-45)5-10-29)48-41(49)37-19-31-18-36-39(20-32(31)22-46-37)53-40(23-47-36)30-11-13-33(14-12-30)52-24-27-6-15-34(43)35(44)16-27;;/h2-16,18,20,37-38,40,46-47H,17,19,22-24H2,1H3,(H,48,49);2*1H/t37?,38-,40+;;/m0../s1. The molecule has 7 rings (SSSR count). The van der Waals surface area contributed by atoms with Crippen molar-refractivity contribution in [2.24, 2.45) is 0 Å². The molecule has 9 nitrogen and oxygen atoms in total. The summed E-state index contributed by atoms with van der Waals surface area (Å²) in [6.45, 7) is 1.42. The van der Waals surface area contributed by atoms with E-state index in [1.54, 1.807) is 24.3 Å². The molecule has 5 aromatic rings. The quantitative estimate of drug-likeness (QED) is 0.120. The van der Waals surface area contributed by atoms with Crippen molar-refractivity contribution in [2.75, 3.05) is 19.0 Å². The van der Waals surface area contributed by atoms with Gasteiger partial charge in [0.15, 0.2) is 0 Å². The average molecular weight is 821 g/mol. The fraction of sp³-hybridized carbons (Fsp3) is 0.214. The number of carbonyl (C=O) groups excluding carboxylic acids is 2. The number of halogens is 4. The second-order valence-electron chi connectivity index (χ2n) is 13.0. The maximum atomic E-state index is 13.5. The summed E-state index contributed by atoms with van der Waals surface area (Å²) in [4.78, 5) is 26.3. The average Bonchev–Trinajstić information content (AvgIpc) is 3.20. The minimum absolute atomic E-state index is 0. The van der Waals surface area contributed by atoms with Crippen LogP contribution in [0.1, 0.15) is 39.5 Å². The Kier molecular flexibility index (Phi) is 13.9. The highest BCUT2D eigenvalue weighted by molar-refractivity contribution is 6.42. The summed E-state index contributed by atoms with van der Waals surface area (Å²) in [6, 6.07) is 33.2. The van der Waals surface area contributed by atoms with Gasteiger partial charge in [-0.1, -0.05) is 77.8 Å². The van der Waals surface area contributed by atoms with Gasteiger partial charge in [0, 0.05) is 13.0 Å². The molecule has 0 fully saturated rings. The molecule has 1 unspecified atom stereocenters. The zero-order valence-electron chi connectivity index (χ0n) is 29.6. The molecule has 2 heterocycles. The summed E-state index contributed by atoms with van der Waals surface area (Å²) < 4.78 is 17.4. The molecule has 0 radical (unpaired) electrons. The number of methoxy groups -OCH3 is 1. The van der Waals surface area contributed by atoms with Gasteiger partial charge in [0.05, 0.1) is 47.1 Å². The van der Waals surface area contributed by atoms with Crippen LogP contribution in [0.3, 0.4) is 0 Å². The molecule has 1 amide bonds. The number of anilines is 1. The summed E-state index contributed by atoms with van der Waals surface area (Å²) in [5.41, 5.74) is 8.34. The molecule has 0 saturated carbocycles. The fourth-order valence-electron chi connectivity index (χ4n) is 6.54. The van der Waals surface area contributed by atoms with Crippen LogP contribution in [0.2, 0.25) is 10.0 Å². The Labute approximate surface area is 342 Å². The minimum Gasteiger partial charge on any atom is -0.489 e. The highest BCUT2D eigenvalue weighted by atomic mass is 35.5. The van der Waals surface area contributed by atoms with Crippen LogP contribution in [0, 0.1) is 11.3 Å². The van der Waals surface area contributed by atoms with Gasteiger partial charge in [-0.3, -0.25) is 4.79 Å². The van der Waals surface area contributed by atoms with E-state index in [0.717, 1.165) is 56.1 Å². The molecule has 0 saturated heterocycles. The summed E-state index contributed by atoms with van der Waals surface area (Å²) in [6.07, 6.45) is 0.540. The molecule has 5 aromatic carbocycles. The smallest absolute Gasteiger partial charge is 0.328 e. The summed E-state index contributed by atoms with van der Waals surface area (Å²) >= 11 is 12.1. The first-order valence-electron chi connectivity index (χ1n) is 17.2. The Morgan fingerprint density at radius 2 is 1.58 bits per heavy atom. The van der Waals surface area contributed by atoms with Gasteiger partial charge in [0.2, 0.25) is 5.91 Å². The van der Waals surface area contributed by atoms with Crippen LogP contribution in [0.4, 0.5) is 5.69 Å². The maximum Gasteiger partial charge on any atom is 0.328 e. The molecule has 0 bridgehead atoms. The number of carbonyl (C=O) groups is 2. The Morgan fingerprint density at radius 1 is 0.891 bits per heavy atom. The van der Waals surface area contributed by atoms with Crippen molar-refractivity contribution in [3.63, 3.8) is 0 Å². The van der Waals surface area contributed by atoms with Gasteiger partial charge in [-0.05, 0) is 93.9 Å². The lowest BCUT2D eigenvalue weighted by Crippen LogP contribution is -2.53. The van der Waals surface area contributed by atoms with E-state index < -0.39 is 18.1 Å². The number of hydrogen-bond acceptors (Lipinski definition) is 8. The van der Waals surface area contributed by atoms with Gasteiger partial charge >= 0.3 is 5.97 Å². The predicted octanol–water partition coefficient (Wildman–Crippen LogP) is 8.42. The number of nitrogens with zero attached hydrogens (tertiary/aromatic N) is 1. The molecule has 13 heteroatoms. The Balaban J connectivity index is 0.00000290. The number of benzene rings is 5. The second-order valence-corrected chi connectivity index (χ2v) is 13.8. The van der Waals surface area contributed by atoms with E-state index >= 15 is 0 Å². The normalized spacial score (nSPS) is 15.8. The van der Waals surface area contributed by atoms with Crippen LogP contribution < -0.4 is 25.4 Å². The number of esters is 1. The number of hydrogen-bond donors (Lipinski definition) is 3. The predicted molar refractivity (Wildman–Crippen MR) is 219 cm³/mol. The van der Waals surface area contributed by atoms with Crippen molar-refractivity contribution in [2.45, 2.75) is 44.2 Å². The van der Waals surface area contributed by atoms with Gasteiger partial charge in [-0.25, -0.2) is 4.79 Å². The molecule has 3 atom stereocenters. The first-order chi connectivity index (χ1) is 25.8. The number of ether oxygens (including phenoxy) is 3. The van der Waals surface area contributed by atoms with Crippen LogP contribution in [0.15, 0.2) is 103 Å². The van der Waals surface area contributed by atoms with E-state index in [9.17, 15) is 9.59 Å². The molecule has 2 aliphatic rings. The zero-order valence-corrected chi connectivity index (χ0v) is 32.8. The monoisotopic (exact) mass is 818 g/mol. The second kappa shape index (κ2) is 18.6. The molecule has 55 heavy (non-hydrogen) atoms. The van der Waals surface area contributed by atoms with Crippen LogP contribution in [0.25, 0.3) is 11.1 Å². The van der Waals surface area contributed by atoms with E-state index in [4.69, 9.17) is 42.7 Å². The first-order valence-corrected chi connectivity index (χ1v) is 18.0. The lowest BCUT2D eigenvalue weighted by molar-refractivity contribution is -0.145. The van der Waals surface area contributed by atoms with E-state index in [2.05, 4.69) is 28.1 Å². The summed E-state index contributed by atoms with van der Waals surface area (Å²) in [5, 5.41) is 19.8. The summed E-state index contributed by atoms with van der Waals surface area (Å²) in [7, 11) is 1.32. The number of rotatable bonds is 10. The van der Waals surface area contributed by atoms with Gasteiger partial charge in [0.1, 0.15) is 30.3 Å². The van der Waals surface area contributed by atoms with Crippen LogP contribution in [-0.2, 0) is 40.3 Å². The van der Waals surface area contributed by atoms with Crippen LogP contribution in [0.5, 0.6) is 11.5 Å². The SMILES string of the molecule is COC(=O)[C@H](Cc1ccc(-c2ccc(C#N)cc2)cc1)NC(=O)C1Cc2cc3c(cc2CN1)O[C@@H](c1ccc(OCc2ccc(Cl)c(Cl)c2)cc1)CN3.Cl.Cl. The third-order valence-corrected chi connectivity index (χ3v) is 10.3. The fourth-order valence-corrected chi connectivity index (χ4v) is 6.86. The number of nitriles is 1. The van der Waals surface area contributed by atoms with Gasteiger partial charge in [-0.15, -0.1) is 24.8 Å². The topological polar surface area (TPSA) is 122 Å². The van der Waals surface area contributed by atoms with Crippen molar-refractivity contribution in [3.05, 3.63) is 147 Å². The zero-order chi connectivity index (χ0) is 36.9. The maximum absolute atomic E-state index is 13.5. The van der Waals surface area contributed by atoms with Crippen LogP contribution in [-0.4, -0.2) is 37.6 Å². The van der Waals surface area contributed by atoms with Crippen molar-refractivity contribution in [1.82, 2.24) is 10.6 Å². The molecular weight excluding hydrogens is 782 g/mol. The number of nitrogens with one attached hydrogen (secondary N) is 3. The number of amides is 1. The lowest BCUT2D eigenvalue weighted by Gasteiger charge is -2.32. The van der Waals surface area contributed by atoms with E-state index in [-0.39, 0.29) is 43.2 Å². The van der Waals surface area contributed by atoms with Crippen molar-refractivity contribution in [1.29, 1.82) is 5.26 Å². The Bertz CT molecular complexity index is 2180. The Hall–Kier alpha value is -4.95. The van der Waals surface area contributed by atoms with Gasteiger partial charge in [0.25, 0.3) is 0 Å². The van der Waals surface area contributed by atoms with Crippen molar-refractivity contribution in [3.8, 4) is 28.7 Å². The molecule has 0 aromatic heterocycles. The van der Waals surface area contributed by atoms with Gasteiger partial charge in [-0.2, -0.15) is 5.26 Å². The van der Waals surface area contributed by atoms with E-state index in [1.165, 1.54) is 7.11 Å². The first kappa shape index (κ1) is 41.2. The molecule has 0 aliphatic carbocycles. The highest BCUT2D eigenvalue weighted by Gasteiger charge is 2.31. The summed E-state index contributed by atoms with van der Waals surface area (Å²) in [5.74, 6) is 0.698.